The van der Waals surface area contributed by atoms with Gasteiger partial charge >= 0.3 is 12.0 Å². The molecule has 0 unspecified atom stereocenters. The van der Waals surface area contributed by atoms with Crippen LogP contribution in [0.5, 0.6) is 0 Å². The quantitative estimate of drug-likeness (QED) is 0.562. The fourth-order valence-corrected chi connectivity index (χ4v) is 1.65. The van der Waals surface area contributed by atoms with E-state index in [1.54, 1.807) is 18.2 Å². The Hall–Kier alpha value is -2.57. The summed E-state index contributed by atoms with van der Waals surface area (Å²) in [5.41, 5.74) is 1.43. The molecule has 7 heteroatoms. The van der Waals surface area contributed by atoms with Gasteiger partial charge < -0.3 is 21.1 Å². The van der Waals surface area contributed by atoms with Crippen molar-refractivity contribution in [1.82, 2.24) is 10.6 Å². The average molecular weight is 293 g/mol. The summed E-state index contributed by atoms with van der Waals surface area (Å²) in [6.45, 7) is 2.09. The van der Waals surface area contributed by atoms with Gasteiger partial charge in [0.1, 0.15) is 0 Å². The molecule has 21 heavy (non-hydrogen) atoms. The summed E-state index contributed by atoms with van der Waals surface area (Å²) in [5.74, 6) is -1.01. The number of carboxylic acids is 1. The van der Waals surface area contributed by atoms with Gasteiger partial charge in [0.15, 0.2) is 0 Å². The Morgan fingerprint density at radius 2 is 1.86 bits per heavy atom. The topological polar surface area (TPSA) is 108 Å². The predicted molar refractivity (Wildman–Crippen MR) is 78.1 cm³/mol. The number of anilines is 1. The van der Waals surface area contributed by atoms with Crippen LogP contribution in [0.3, 0.4) is 0 Å². The summed E-state index contributed by atoms with van der Waals surface area (Å²) in [7, 11) is 0. The normalized spacial score (nSPS) is 9.76. The molecule has 0 heterocycles. The van der Waals surface area contributed by atoms with Crippen molar-refractivity contribution < 1.29 is 19.5 Å². The Balaban J connectivity index is 2.39. The van der Waals surface area contributed by atoms with Gasteiger partial charge in [0.2, 0.25) is 5.91 Å². The fraction of sp³-hybridized carbons (Fsp3) is 0.357. The molecule has 114 valence electrons. The van der Waals surface area contributed by atoms with E-state index in [1.807, 2.05) is 6.07 Å². The molecule has 0 aliphatic rings. The van der Waals surface area contributed by atoms with Crippen molar-refractivity contribution in [2.24, 2.45) is 0 Å². The van der Waals surface area contributed by atoms with E-state index in [0.29, 0.717) is 25.2 Å². The molecule has 4 N–H and O–H groups in total. The first kappa shape index (κ1) is 16.5. The molecule has 0 aliphatic heterocycles. The number of aryl methyl sites for hydroxylation is 1. The van der Waals surface area contributed by atoms with Crippen molar-refractivity contribution in [1.29, 1.82) is 0 Å². The van der Waals surface area contributed by atoms with E-state index in [9.17, 15) is 14.4 Å². The number of amides is 3. The molecule has 1 aromatic rings. The van der Waals surface area contributed by atoms with E-state index < -0.39 is 5.97 Å². The van der Waals surface area contributed by atoms with Gasteiger partial charge in [-0.1, -0.05) is 12.1 Å². The predicted octanol–water partition coefficient (Wildman–Crippen LogP) is 0.961. The molecule has 0 saturated heterocycles. The highest BCUT2D eigenvalue weighted by molar-refractivity contribution is 5.89. The lowest BCUT2D eigenvalue weighted by Crippen LogP contribution is -2.36. The number of hydrogen-bond acceptors (Lipinski definition) is 3. The number of hydrogen-bond donors (Lipinski definition) is 4. The van der Waals surface area contributed by atoms with Crippen LogP contribution < -0.4 is 16.0 Å². The first-order valence-corrected chi connectivity index (χ1v) is 6.57. The summed E-state index contributed by atoms with van der Waals surface area (Å²) in [5, 5.41) is 16.4. The van der Waals surface area contributed by atoms with Crippen molar-refractivity contribution in [3.63, 3.8) is 0 Å². The van der Waals surface area contributed by atoms with Crippen LogP contribution in [0.15, 0.2) is 24.3 Å². The second kappa shape index (κ2) is 8.57. The van der Waals surface area contributed by atoms with Gasteiger partial charge in [-0.05, 0) is 24.1 Å². The van der Waals surface area contributed by atoms with E-state index in [1.165, 1.54) is 6.92 Å². The Morgan fingerprint density at radius 1 is 1.14 bits per heavy atom. The first-order valence-electron chi connectivity index (χ1n) is 6.57. The van der Waals surface area contributed by atoms with E-state index in [0.717, 1.165) is 5.56 Å². The second-order valence-electron chi connectivity index (χ2n) is 4.46. The van der Waals surface area contributed by atoms with Crippen molar-refractivity contribution in [2.45, 2.75) is 19.8 Å². The molecule has 7 nitrogen and oxygen atoms in total. The van der Waals surface area contributed by atoms with Gasteiger partial charge in [0, 0.05) is 32.1 Å². The summed E-state index contributed by atoms with van der Waals surface area (Å²) in [6.07, 6.45) is 0.460. The van der Waals surface area contributed by atoms with E-state index >= 15 is 0 Å². The van der Waals surface area contributed by atoms with Crippen LogP contribution in [0, 0.1) is 0 Å². The zero-order valence-electron chi connectivity index (χ0n) is 11.8. The van der Waals surface area contributed by atoms with Crippen LogP contribution in [0.1, 0.15) is 18.9 Å². The average Bonchev–Trinajstić information content (AvgIpc) is 2.41. The molecule has 0 radical (unpaired) electrons. The molecule has 0 fully saturated rings. The minimum Gasteiger partial charge on any atom is -0.481 e. The van der Waals surface area contributed by atoms with Crippen LogP contribution in [0.2, 0.25) is 0 Å². The third kappa shape index (κ3) is 7.56. The van der Waals surface area contributed by atoms with Gasteiger partial charge in [-0.3, -0.25) is 9.59 Å². The minimum absolute atomic E-state index is 0.0480. The van der Waals surface area contributed by atoms with Gasteiger partial charge in [-0.25, -0.2) is 4.79 Å². The van der Waals surface area contributed by atoms with Crippen molar-refractivity contribution in [3.8, 4) is 0 Å². The van der Waals surface area contributed by atoms with Crippen molar-refractivity contribution in [3.05, 3.63) is 29.8 Å². The lowest BCUT2D eigenvalue weighted by Gasteiger charge is -2.09. The smallest absolute Gasteiger partial charge is 0.319 e. The van der Waals surface area contributed by atoms with E-state index in [4.69, 9.17) is 5.11 Å². The van der Waals surface area contributed by atoms with Crippen LogP contribution >= 0.6 is 0 Å². The van der Waals surface area contributed by atoms with E-state index in [2.05, 4.69) is 16.0 Å². The van der Waals surface area contributed by atoms with Crippen LogP contribution in [-0.2, 0) is 16.0 Å². The van der Waals surface area contributed by atoms with Crippen LogP contribution in [0.4, 0.5) is 10.5 Å². The summed E-state index contributed by atoms with van der Waals surface area (Å²) in [6, 6.07) is 6.64. The largest absolute Gasteiger partial charge is 0.481 e. The monoisotopic (exact) mass is 293 g/mol. The number of carbonyl (C=O) groups excluding carboxylic acids is 2. The molecule has 0 saturated carbocycles. The molecule has 0 aliphatic carbocycles. The lowest BCUT2D eigenvalue weighted by atomic mass is 10.1. The lowest BCUT2D eigenvalue weighted by molar-refractivity contribution is -0.137. The Bertz CT molecular complexity index is 517. The van der Waals surface area contributed by atoms with Gasteiger partial charge in [-0.15, -0.1) is 0 Å². The van der Waals surface area contributed by atoms with Crippen molar-refractivity contribution >= 4 is 23.6 Å². The van der Waals surface area contributed by atoms with E-state index in [-0.39, 0.29) is 18.4 Å². The number of carboxylic acid groups (broad SMARTS) is 1. The molecule has 0 bridgehead atoms. The van der Waals surface area contributed by atoms with Crippen LogP contribution in [-0.4, -0.2) is 36.1 Å². The summed E-state index contributed by atoms with van der Waals surface area (Å²) in [4.78, 5) is 32.8. The molecule has 1 rings (SSSR count). The zero-order valence-corrected chi connectivity index (χ0v) is 11.8. The number of carbonyl (C=O) groups is 3. The molecular formula is C14H19N3O4. The zero-order chi connectivity index (χ0) is 15.7. The molecule has 0 aromatic heterocycles. The highest BCUT2D eigenvalue weighted by Crippen LogP contribution is 2.12. The number of rotatable bonds is 7. The fourth-order valence-electron chi connectivity index (χ4n) is 1.65. The number of nitrogens with one attached hydrogen (secondary N) is 3. The van der Waals surface area contributed by atoms with Gasteiger partial charge in [-0.2, -0.15) is 0 Å². The second-order valence-corrected chi connectivity index (χ2v) is 4.46. The SMILES string of the molecule is CC(=O)NCCNC(=O)Nc1cccc(CCC(=O)O)c1. The third-order valence-corrected chi connectivity index (χ3v) is 2.60. The van der Waals surface area contributed by atoms with Crippen LogP contribution in [0.25, 0.3) is 0 Å². The Morgan fingerprint density at radius 3 is 2.52 bits per heavy atom. The standard InChI is InChI=1S/C14H19N3O4/c1-10(18)15-7-8-16-14(21)17-12-4-2-3-11(9-12)5-6-13(19)20/h2-4,9H,5-8H2,1H3,(H,15,18)(H,19,20)(H2,16,17,21). The molecular weight excluding hydrogens is 274 g/mol. The minimum atomic E-state index is -0.857. The molecule has 0 atom stereocenters. The Labute approximate surface area is 122 Å². The third-order valence-electron chi connectivity index (χ3n) is 2.60. The number of benzene rings is 1. The molecule has 1 aromatic carbocycles. The van der Waals surface area contributed by atoms with Crippen molar-refractivity contribution in [2.75, 3.05) is 18.4 Å². The van der Waals surface area contributed by atoms with Gasteiger partial charge in [0.25, 0.3) is 0 Å². The molecule has 3 amide bonds. The number of urea groups is 1. The summed E-state index contributed by atoms with van der Waals surface area (Å²) < 4.78 is 0. The maximum Gasteiger partial charge on any atom is 0.319 e. The molecule has 0 spiro atoms. The Kier molecular flexibility index (Phi) is 6.73. The first-order chi connectivity index (χ1) is 9.97. The highest BCUT2D eigenvalue weighted by Gasteiger charge is 2.03. The maximum absolute atomic E-state index is 11.6. The summed E-state index contributed by atoms with van der Waals surface area (Å²) >= 11 is 0. The highest BCUT2D eigenvalue weighted by atomic mass is 16.4. The number of aliphatic carboxylic acids is 1. The maximum atomic E-state index is 11.6. The van der Waals surface area contributed by atoms with Gasteiger partial charge in [0.05, 0.1) is 0 Å².